The third-order valence-electron chi connectivity index (χ3n) is 7.15. The van der Waals surface area contributed by atoms with Crippen molar-refractivity contribution in [3.8, 4) is 5.19 Å². The Bertz CT molecular complexity index is 1080. The van der Waals surface area contributed by atoms with Gasteiger partial charge < -0.3 is 9.64 Å². The van der Waals surface area contributed by atoms with Crippen LogP contribution in [-0.4, -0.2) is 74.0 Å². The Morgan fingerprint density at radius 3 is 2.33 bits per heavy atom. The molecule has 10 heteroatoms. The molecule has 0 bridgehead atoms. The molecule has 0 saturated carbocycles. The molecular weight excluding hydrogens is 496 g/mol. The number of benzene rings is 1. The number of sulfonamides is 1. The predicted octanol–water partition coefficient (Wildman–Crippen LogP) is 3.64. The van der Waals surface area contributed by atoms with E-state index < -0.39 is 10.0 Å². The molecule has 2 fully saturated rings. The van der Waals surface area contributed by atoms with E-state index in [1.165, 1.54) is 11.3 Å². The number of thiazole rings is 1. The Labute approximate surface area is 219 Å². The number of piperidine rings is 2. The molecule has 0 atom stereocenters. The standard InChI is InChI=1S/C26H38N4O4S2/c1-26(2,3)20-4-6-23(7-5-20)36(32,33)28-13-8-24(31)30-15-9-21(10-16-30)29-17-11-22(12-18-29)34-25-27-14-19-35-25/h4-7,14,19,21-22,28H,8-13,15-18H2,1-3H3. The van der Waals surface area contributed by atoms with E-state index in [1.54, 1.807) is 18.3 Å². The van der Waals surface area contributed by atoms with E-state index in [0.29, 0.717) is 6.04 Å². The van der Waals surface area contributed by atoms with Crippen LogP contribution in [0.1, 0.15) is 58.4 Å². The van der Waals surface area contributed by atoms with Gasteiger partial charge in [-0.15, -0.1) is 0 Å². The zero-order valence-corrected chi connectivity index (χ0v) is 23.1. The van der Waals surface area contributed by atoms with Crippen LogP contribution in [0.2, 0.25) is 0 Å². The van der Waals surface area contributed by atoms with E-state index in [4.69, 9.17) is 4.74 Å². The number of rotatable bonds is 8. The minimum Gasteiger partial charge on any atom is -0.467 e. The molecule has 1 N–H and O–H groups in total. The summed E-state index contributed by atoms with van der Waals surface area (Å²) in [5.41, 5.74) is 1.04. The average Bonchev–Trinajstić information content (AvgIpc) is 3.37. The largest absolute Gasteiger partial charge is 0.467 e. The average molecular weight is 535 g/mol. The number of nitrogens with zero attached hydrogens (tertiary/aromatic N) is 3. The molecule has 1 amide bonds. The molecule has 0 unspecified atom stereocenters. The van der Waals surface area contributed by atoms with Crippen LogP contribution in [0, 0.1) is 0 Å². The van der Waals surface area contributed by atoms with E-state index in [-0.39, 0.29) is 35.3 Å². The number of carbonyl (C=O) groups excluding carboxylic acids is 1. The van der Waals surface area contributed by atoms with Gasteiger partial charge >= 0.3 is 0 Å². The number of ether oxygens (including phenoxy) is 1. The second kappa shape index (κ2) is 11.6. The van der Waals surface area contributed by atoms with E-state index in [1.807, 2.05) is 22.4 Å². The second-order valence-corrected chi connectivity index (χ2v) is 13.3. The van der Waals surface area contributed by atoms with Crippen molar-refractivity contribution in [2.24, 2.45) is 0 Å². The van der Waals surface area contributed by atoms with Crippen molar-refractivity contribution in [3.63, 3.8) is 0 Å². The zero-order chi connectivity index (χ0) is 25.8. The number of carbonyl (C=O) groups is 1. The lowest BCUT2D eigenvalue weighted by Crippen LogP contribution is -2.50. The van der Waals surface area contributed by atoms with Crippen molar-refractivity contribution < 1.29 is 17.9 Å². The number of hydrogen-bond donors (Lipinski definition) is 1. The molecule has 1 aromatic heterocycles. The molecule has 0 aliphatic carbocycles. The lowest BCUT2D eigenvalue weighted by Gasteiger charge is -2.41. The minimum absolute atomic E-state index is 0.00906. The van der Waals surface area contributed by atoms with Gasteiger partial charge in [0.25, 0.3) is 5.19 Å². The lowest BCUT2D eigenvalue weighted by atomic mass is 9.87. The highest BCUT2D eigenvalue weighted by Crippen LogP contribution is 2.25. The van der Waals surface area contributed by atoms with Gasteiger partial charge in [-0.2, -0.15) is 0 Å². The zero-order valence-electron chi connectivity index (χ0n) is 21.5. The van der Waals surface area contributed by atoms with Gasteiger partial charge in [-0.3, -0.25) is 9.69 Å². The third-order valence-corrected chi connectivity index (χ3v) is 9.29. The number of hydrogen-bond acceptors (Lipinski definition) is 7. The maximum atomic E-state index is 12.7. The Balaban J connectivity index is 1.16. The van der Waals surface area contributed by atoms with Gasteiger partial charge in [0.2, 0.25) is 15.9 Å². The highest BCUT2D eigenvalue weighted by molar-refractivity contribution is 7.89. The van der Waals surface area contributed by atoms with Crippen molar-refractivity contribution in [2.45, 2.75) is 75.3 Å². The predicted molar refractivity (Wildman–Crippen MR) is 142 cm³/mol. The molecule has 2 saturated heterocycles. The van der Waals surface area contributed by atoms with E-state index in [2.05, 4.69) is 35.4 Å². The third kappa shape index (κ3) is 7.06. The first kappa shape index (κ1) is 27.0. The van der Waals surface area contributed by atoms with E-state index in [0.717, 1.165) is 62.6 Å². The van der Waals surface area contributed by atoms with Crippen LogP contribution in [0.3, 0.4) is 0 Å². The summed E-state index contributed by atoms with van der Waals surface area (Å²) in [5, 5.41) is 2.68. The molecule has 2 aromatic rings. The monoisotopic (exact) mass is 534 g/mol. The quantitative estimate of drug-likeness (QED) is 0.556. The lowest BCUT2D eigenvalue weighted by molar-refractivity contribution is -0.132. The number of nitrogens with one attached hydrogen (secondary N) is 1. The van der Waals surface area contributed by atoms with Crippen LogP contribution in [0.4, 0.5) is 0 Å². The van der Waals surface area contributed by atoms with Crippen LogP contribution in [0.5, 0.6) is 5.19 Å². The van der Waals surface area contributed by atoms with Crippen molar-refractivity contribution in [1.82, 2.24) is 19.5 Å². The van der Waals surface area contributed by atoms with Gasteiger partial charge in [-0.05, 0) is 48.8 Å². The molecule has 36 heavy (non-hydrogen) atoms. The fourth-order valence-electron chi connectivity index (χ4n) is 4.92. The summed E-state index contributed by atoms with van der Waals surface area (Å²) in [5.74, 6) is 0.00906. The second-order valence-electron chi connectivity index (χ2n) is 10.7. The van der Waals surface area contributed by atoms with Crippen LogP contribution in [0.25, 0.3) is 0 Å². The van der Waals surface area contributed by atoms with Gasteiger partial charge in [0.15, 0.2) is 0 Å². The number of aromatic nitrogens is 1. The van der Waals surface area contributed by atoms with E-state index >= 15 is 0 Å². The molecule has 0 spiro atoms. The summed E-state index contributed by atoms with van der Waals surface area (Å²) in [6, 6.07) is 7.44. The molecule has 0 radical (unpaired) electrons. The summed E-state index contributed by atoms with van der Waals surface area (Å²) in [6.45, 7) is 9.83. The molecule has 3 heterocycles. The number of amides is 1. The first-order valence-corrected chi connectivity index (χ1v) is 15.2. The maximum absolute atomic E-state index is 12.7. The fraction of sp³-hybridized carbons (Fsp3) is 0.615. The SMILES string of the molecule is CC(C)(C)c1ccc(S(=O)(=O)NCCC(=O)N2CCC(N3CCC(Oc4nccs4)CC3)CC2)cc1. The summed E-state index contributed by atoms with van der Waals surface area (Å²) in [6.07, 6.45) is 6.07. The smallest absolute Gasteiger partial charge is 0.273 e. The highest BCUT2D eigenvalue weighted by Gasteiger charge is 2.30. The molecule has 2 aliphatic heterocycles. The molecule has 198 valence electrons. The van der Waals surface area contributed by atoms with E-state index in [9.17, 15) is 13.2 Å². The Kier molecular flexibility index (Phi) is 8.70. The van der Waals surface area contributed by atoms with Crippen molar-refractivity contribution in [3.05, 3.63) is 41.4 Å². The van der Waals surface area contributed by atoms with Gasteiger partial charge in [0.1, 0.15) is 6.10 Å². The summed E-state index contributed by atoms with van der Waals surface area (Å²) < 4.78 is 33.8. The number of likely N-dealkylation sites (tertiary alicyclic amines) is 2. The molecule has 4 rings (SSSR count). The first-order valence-electron chi connectivity index (χ1n) is 12.8. The van der Waals surface area contributed by atoms with Crippen molar-refractivity contribution in [1.29, 1.82) is 0 Å². The molecule has 8 nitrogen and oxygen atoms in total. The minimum atomic E-state index is -3.63. The summed E-state index contributed by atoms with van der Waals surface area (Å²) in [7, 11) is -3.63. The molecule has 1 aromatic carbocycles. The normalized spacial score (nSPS) is 18.9. The van der Waals surface area contributed by atoms with Crippen molar-refractivity contribution in [2.75, 3.05) is 32.7 Å². The first-order chi connectivity index (χ1) is 17.1. The molecular formula is C26H38N4O4S2. The highest BCUT2D eigenvalue weighted by atomic mass is 32.2. The van der Waals surface area contributed by atoms with Crippen molar-refractivity contribution >= 4 is 27.3 Å². The Morgan fingerprint density at radius 2 is 1.75 bits per heavy atom. The topological polar surface area (TPSA) is 91.8 Å². The van der Waals surface area contributed by atoms with Gasteiger partial charge in [0.05, 0.1) is 4.90 Å². The van der Waals surface area contributed by atoms with Crippen LogP contribution in [0.15, 0.2) is 40.7 Å². The summed E-state index contributed by atoms with van der Waals surface area (Å²) in [4.78, 5) is 21.6. The Hall–Kier alpha value is -2.01. The molecule has 2 aliphatic rings. The van der Waals surface area contributed by atoms with Gasteiger partial charge in [-0.1, -0.05) is 44.2 Å². The Morgan fingerprint density at radius 1 is 1.08 bits per heavy atom. The van der Waals surface area contributed by atoms with Gasteiger partial charge in [-0.25, -0.2) is 18.1 Å². The summed E-state index contributed by atoms with van der Waals surface area (Å²) >= 11 is 1.53. The van der Waals surface area contributed by atoms with Crippen LogP contribution < -0.4 is 9.46 Å². The van der Waals surface area contributed by atoms with Crippen LogP contribution >= 0.6 is 11.3 Å². The van der Waals surface area contributed by atoms with Gasteiger partial charge in [0, 0.05) is 56.8 Å². The maximum Gasteiger partial charge on any atom is 0.273 e. The van der Waals surface area contributed by atoms with Crippen LogP contribution in [-0.2, 0) is 20.2 Å². The fourth-order valence-corrected chi connectivity index (χ4v) is 6.50.